The second-order valence-electron chi connectivity index (χ2n) is 4.46. The van der Waals surface area contributed by atoms with E-state index >= 15 is 0 Å². The van der Waals surface area contributed by atoms with E-state index in [9.17, 15) is 4.79 Å². The van der Waals surface area contributed by atoms with Crippen LogP contribution in [0.3, 0.4) is 0 Å². The second kappa shape index (κ2) is 5.31. The zero-order valence-corrected chi connectivity index (χ0v) is 11.6. The van der Waals surface area contributed by atoms with Gasteiger partial charge in [0.25, 0.3) is 0 Å². The molecule has 0 saturated carbocycles. The Bertz CT molecular complexity index is 450. The first-order valence-electron chi connectivity index (χ1n) is 5.11. The maximum Gasteiger partial charge on any atom is 0.436 e. The van der Waals surface area contributed by atoms with Crippen molar-refractivity contribution in [2.45, 2.75) is 26.4 Å². The molecule has 1 aromatic carbocycles. The molecule has 1 amide bonds. The summed E-state index contributed by atoms with van der Waals surface area (Å²) in [6.07, 6.45) is -0.689. The van der Waals surface area contributed by atoms with Crippen molar-refractivity contribution >= 4 is 27.9 Å². The van der Waals surface area contributed by atoms with Crippen LogP contribution in [0.15, 0.2) is 33.7 Å². The molecule has 0 bridgehead atoms. The third-order valence-corrected chi connectivity index (χ3v) is 2.45. The lowest BCUT2D eigenvalue weighted by Crippen LogP contribution is -2.24. The Balaban J connectivity index is 2.87. The highest BCUT2D eigenvalue weighted by Gasteiger charge is 2.16. The van der Waals surface area contributed by atoms with Gasteiger partial charge in [0.15, 0.2) is 0 Å². The van der Waals surface area contributed by atoms with Gasteiger partial charge in [-0.2, -0.15) is 4.99 Å². The maximum atomic E-state index is 11.4. The number of halogens is 1. The molecule has 0 fully saturated rings. The molecule has 1 aromatic rings. The van der Waals surface area contributed by atoms with Gasteiger partial charge >= 0.3 is 6.09 Å². The van der Waals surface area contributed by atoms with Gasteiger partial charge in [-0.3, -0.25) is 0 Å². The number of hydrogen-bond acceptors (Lipinski definition) is 2. The molecule has 0 unspecified atom stereocenters. The summed E-state index contributed by atoms with van der Waals surface area (Å²) in [6.45, 7) is 5.32. The zero-order chi connectivity index (χ0) is 13.1. The van der Waals surface area contributed by atoms with Crippen LogP contribution in [0.4, 0.5) is 4.79 Å². The van der Waals surface area contributed by atoms with Gasteiger partial charge < -0.3 is 10.5 Å². The minimum atomic E-state index is -0.689. The van der Waals surface area contributed by atoms with Gasteiger partial charge in [-0.15, -0.1) is 0 Å². The second-order valence-corrected chi connectivity index (χ2v) is 5.31. The normalized spacial score (nSPS) is 12.4. The van der Waals surface area contributed by atoms with E-state index in [2.05, 4.69) is 20.9 Å². The van der Waals surface area contributed by atoms with Gasteiger partial charge in [0.2, 0.25) is 0 Å². The van der Waals surface area contributed by atoms with Crippen LogP contribution < -0.4 is 5.73 Å². The molecule has 0 radical (unpaired) electrons. The van der Waals surface area contributed by atoms with Crippen molar-refractivity contribution in [3.8, 4) is 0 Å². The van der Waals surface area contributed by atoms with Crippen LogP contribution in [0.1, 0.15) is 26.3 Å². The van der Waals surface area contributed by atoms with E-state index in [0.717, 1.165) is 4.47 Å². The largest absolute Gasteiger partial charge is 0.442 e. The molecule has 0 aliphatic heterocycles. The van der Waals surface area contributed by atoms with Crippen molar-refractivity contribution in [3.05, 3.63) is 34.3 Å². The summed E-state index contributed by atoms with van der Waals surface area (Å²) in [5, 5.41) is 0. The Morgan fingerprint density at radius 1 is 1.35 bits per heavy atom. The Labute approximate surface area is 109 Å². The highest BCUT2D eigenvalue weighted by atomic mass is 79.9. The number of amides is 1. The number of hydrogen-bond donors (Lipinski definition) is 1. The average molecular weight is 299 g/mol. The molecular formula is C12H15BrN2O2. The number of amidine groups is 1. The first kappa shape index (κ1) is 13.7. The topological polar surface area (TPSA) is 64.7 Å². The molecule has 4 nitrogen and oxygen atoms in total. The van der Waals surface area contributed by atoms with Gasteiger partial charge in [-0.05, 0) is 26.8 Å². The summed E-state index contributed by atoms with van der Waals surface area (Å²) in [5.41, 5.74) is 5.83. The van der Waals surface area contributed by atoms with E-state index in [1.54, 1.807) is 26.8 Å². The molecule has 0 aliphatic carbocycles. The highest BCUT2D eigenvalue weighted by Crippen LogP contribution is 2.16. The molecule has 0 heterocycles. The van der Waals surface area contributed by atoms with Crippen LogP contribution >= 0.6 is 15.9 Å². The summed E-state index contributed by atoms with van der Waals surface area (Å²) >= 11 is 3.34. The Kier molecular flexibility index (Phi) is 4.28. The molecule has 92 valence electrons. The fourth-order valence-electron chi connectivity index (χ4n) is 1.11. The fourth-order valence-corrected chi connectivity index (χ4v) is 1.60. The quantitative estimate of drug-likeness (QED) is 0.640. The maximum absolute atomic E-state index is 11.4. The Morgan fingerprint density at radius 3 is 2.47 bits per heavy atom. The number of carbonyl (C=O) groups is 1. The third-order valence-electron chi connectivity index (χ3n) is 1.76. The van der Waals surface area contributed by atoms with Crippen LogP contribution in [0.5, 0.6) is 0 Å². The lowest BCUT2D eigenvalue weighted by molar-refractivity contribution is 0.0604. The van der Waals surface area contributed by atoms with Crippen LogP contribution in [0, 0.1) is 0 Å². The van der Waals surface area contributed by atoms with Gasteiger partial charge in [0.05, 0.1) is 0 Å². The number of benzene rings is 1. The van der Waals surface area contributed by atoms with Crippen LogP contribution in [-0.2, 0) is 4.74 Å². The highest BCUT2D eigenvalue weighted by molar-refractivity contribution is 9.10. The number of ether oxygens (including phenoxy) is 1. The van der Waals surface area contributed by atoms with Gasteiger partial charge in [-0.1, -0.05) is 34.1 Å². The minimum Gasteiger partial charge on any atom is -0.442 e. The van der Waals surface area contributed by atoms with Crippen molar-refractivity contribution in [2.24, 2.45) is 10.7 Å². The molecule has 0 saturated heterocycles. The molecule has 1 rings (SSSR count). The van der Waals surface area contributed by atoms with E-state index in [0.29, 0.717) is 5.56 Å². The monoisotopic (exact) mass is 298 g/mol. The van der Waals surface area contributed by atoms with Crippen molar-refractivity contribution in [1.82, 2.24) is 0 Å². The molecule has 0 aliphatic rings. The summed E-state index contributed by atoms with van der Waals surface area (Å²) in [7, 11) is 0. The lowest BCUT2D eigenvalue weighted by atomic mass is 10.2. The number of nitrogens with two attached hydrogens (primary N) is 1. The lowest BCUT2D eigenvalue weighted by Gasteiger charge is -2.17. The summed E-state index contributed by atoms with van der Waals surface area (Å²) in [5.74, 6) is 0.131. The number of aliphatic imine (C=N–C) groups is 1. The predicted octanol–water partition coefficient (Wildman–Crippen LogP) is 3.09. The van der Waals surface area contributed by atoms with E-state index in [1.165, 1.54) is 0 Å². The van der Waals surface area contributed by atoms with Crippen molar-refractivity contribution in [1.29, 1.82) is 0 Å². The summed E-state index contributed by atoms with van der Waals surface area (Å²) in [4.78, 5) is 15.1. The molecule has 0 aromatic heterocycles. The van der Waals surface area contributed by atoms with Gasteiger partial charge in [0, 0.05) is 10.0 Å². The van der Waals surface area contributed by atoms with Crippen LogP contribution in [-0.4, -0.2) is 17.5 Å². The van der Waals surface area contributed by atoms with Crippen LogP contribution in [0.2, 0.25) is 0 Å². The SMILES string of the molecule is CC(C)(C)OC(=O)/N=C(\N)c1ccccc1Br. The predicted molar refractivity (Wildman–Crippen MR) is 71.1 cm³/mol. The van der Waals surface area contributed by atoms with Crippen molar-refractivity contribution in [3.63, 3.8) is 0 Å². The first-order chi connectivity index (χ1) is 7.79. The minimum absolute atomic E-state index is 0.131. The van der Waals surface area contributed by atoms with Gasteiger partial charge in [0.1, 0.15) is 11.4 Å². The molecule has 0 spiro atoms. The molecular weight excluding hydrogens is 284 g/mol. The summed E-state index contributed by atoms with van der Waals surface area (Å²) in [6, 6.07) is 7.27. The number of nitrogens with zero attached hydrogens (tertiary/aromatic N) is 1. The molecule has 2 N–H and O–H groups in total. The smallest absolute Gasteiger partial charge is 0.436 e. The molecule has 17 heavy (non-hydrogen) atoms. The molecule has 0 atom stereocenters. The number of rotatable bonds is 1. The van der Waals surface area contributed by atoms with Crippen molar-refractivity contribution in [2.75, 3.05) is 0 Å². The standard InChI is InChI=1S/C12H15BrN2O2/c1-12(2,3)17-11(16)15-10(14)8-6-4-5-7-9(8)13/h4-7H,1-3H3,(H2,14,15,16). The molecule has 5 heteroatoms. The number of carbonyl (C=O) groups excluding carboxylic acids is 1. The zero-order valence-electron chi connectivity index (χ0n) is 10.0. The Morgan fingerprint density at radius 2 is 1.94 bits per heavy atom. The van der Waals surface area contributed by atoms with Crippen molar-refractivity contribution < 1.29 is 9.53 Å². The van der Waals surface area contributed by atoms with E-state index in [-0.39, 0.29) is 5.84 Å². The van der Waals surface area contributed by atoms with E-state index in [1.807, 2.05) is 18.2 Å². The van der Waals surface area contributed by atoms with Gasteiger partial charge in [-0.25, -0.2) is 4.79 Å². The Hall–Kier alpha value is -1.36. The van der Waals surface area contributed by atoms with Crippen LogP contribution in [0.25, 0.3) is 0 Å². The van der Waals surface area contributed by atoms with E-state index in [4.69, 9.17) is 10.5 Å². The fraction of sp³-hybridized carbons (Fsp3) is 0.333. The first-order valence-corrected chi connectivity index (χ1v) is 5.91. The third kappa shape index (κ3) is 4.56. The average Bonchev–Trinajstić information content (AvgIpc) is 2.14. The van der Waals surface area contributed by atoms with E-state index < -0.39 is 11.7 Å². The summed E-state index contributed by atoms with van der Waals surface area (Å²) < 4.78 is 5.83.